The van der Waals surface area contributed by atoms with Crippen LogP contribution >= 0.6 is 11.8 Å². The van der Waals surface area contributed by atoms with Crippen LogP contribution in [0.15, 0.2) is 46.6 Å². The zero-order valence-corrected chi connectivity index (χ0v) is 13.2. The molecule has 0 radical (unpaired) electrons. The molecule has 0 fully saturated rings. The van der Waals surface area contributed by atoms with E-state index in [1.54, 1.807) is 12.4 Å². The molecular formula is C15H18N4O2S. The number of hydrogen-bond acceptors (Lipinski definition) is 5. The summed E-state index contributed by atoms with van der Waals surface area (Å²) in [6.07, 6.45) is 5.65. The van der Waals surface area contributed by atoms with Crippen molar-refractivity contribution in [1.29, 1.82) is 0 Å². The van der Waals surface area contributed by atoms with Gasteiger partial charge in [0.2, 0.25) is 5.91 Å². The molecule has 2 rings (SSSR count). The Morgan fingerprint density at radius 2 is 2.14 bits per heavy atom. The van der Waals surface area contributed by atoms with E-state index >= 15 is 0 Å². The zero-order valence-electron chi connectivity index (χ0n) is 12.4. The summed E-state index contributed by atoms with van der Waals surface area (Å²) in [6.45, 7) is 2.77. The molecule has 2 heterocycles. The molecule has 0 aliphatic rings. The molecule has 2 aromatic heterocycles. The molecule has 0 aliphatic heterocycles. The van der Waals surface area contributed by atoms with Crippen molar-refractivity contribution in [2.24, 2.45) is 0 Å². The number of aromatic nitrogens is 3. The first-order chi connectivity index (χ1) is 10.7. The van der Waals surface area contributed by atoms with Crippen LogP contribution in [0.2, 0.25) is 0 Å². The van der Waals surface area contributed by atoms with Gasteiger partial charge >= 0.3 is 0 Å². The third-order valence-electron chi connectivity index (χ3n) is 2.99. The number of amides is 1. The van der Waals surface area contributed by atoms with Gasteiger partial charge in [-0.2, -0.15) is 0 Å². The Kier molecular flexibility index (Phi) is 6.14. The van der Waals surface area contributed by atoms with Gasteiger partial charge in [0.25, 0.3) is 5.56 Å². The fraction of sp³-hybridized carbons (Fsp3) is 0.333. The first-order valence-electron chi connectivity index (χ1n) is 7.04. The number of nitrogens with one attached hydrogen (secondary N) is 1. The lowest BCUT2D eigenvalue weighted by atomic mass is 10.3. The van der Waals surface area contributed by atoms with E-state index in [-0.39, 0.29) is 11.5 Å². The first kappa shape index (κ1) is 16.2. The summed E-state index contributed by atoms with van der Waals surface area (Å²) in [7, 11) is 0. The van der Waals surface area contributed by atoms with Crippen LogP contribution in [0.4, 0.5) is 0 Å². The normalized spacial score (nSPS) is 10.4. The first-order valence-corrected chi connectivity index (χ1v) is 8.02. The van der Waals surface area contributed by atoms with Crippen molar-refractivity contribution in [2.45, 2.75) is 24.8 Å². The number of hydrogen-bond donors (Lipinski definition) is 1. The monoisotopic (exact) mass is 318 g/mol. The lowest BCUT2D eigenvalue weighted by Gasteiger charge is -2.07. The number of carbonyl (C=O) groups excluding carboxylic acids is 1. The number of thioether (sulfide) groups is 1. The predicted octanol–water partition coefficient (Wildman–Crippen LogP) is 1.11. The highest BCUT2D eigenvalue weighted by atomic mass is 32.2. The van der Waals surface area contributed by atoms with Crippen LogP contribution < -0.4 is 10.9 Å². The zero-order chi connectivity index (χ0) is 15.8. The van der Waals surface area contributed by atoms with E-state index in [9.17, 15) is 9.59 Å². The third kappa shape index (κ3) is 5.00. The van der Waals surface area contributed by atoms with Crippen molar-refractivity contribution in [3.05, 3.63) is 53.0 Å². The number of rotatable bonds is 7. The van der Waals surface area contributed by atoms with Gasteiger partial charge in [-0.15, -0.1) is 11.8 Å². The standard InChI is InChI=1S/C15H18N4O2S/c1-2-12-9-15(21)19(11-18-12)8-7-17-14(20)10-22-13-3-5-16-6-4-13/h3-6,9,11H,2,7-8,10H2,1H3,(H,17,20). The Balaban J connectivity index is 1.74. The number of pyridine rings is 1. The highest BCUT2D eigenvalue weighted by molar-refractivity contribution is 8.00. The summed E-state index contributed by atoms with van der Waals surface area (Å²) in [4.78, 5) is 32.6. The maximum Gasteiger partial charge on any atom is 0.253 e. The average molecular weight is 318 g/mol. The van der Waals surface area contributed by atoms with Crippen molar-refractivity contribution >= 4 is 17.7 Å². The lowest BCUT2D eigenvalue weighted by molar-refractivity contribution is -0.118. The van der Waals surface area contributed by atoms with Gasteiger partial charge in [-0.3, -0.25) is 19.1 Å². The van der Waals surface area contributed by atoms with Crippen molar-refractivity contribution in [3.8, 4) is 0 Å². The minimum Gasteiger partial charge on any atom is -0.354 e. The molecule has 0 atom stereocenters. The second-order valence-electron chi connectivity index (χ2n) is 4.59. The maximum absolute atomic E-state index is 11.8. The fourth-order valence-corrected chi connectivity index (χ4v) is 2.49. The number of carbonyl (C=O) groups is 1. The van der Waals surface area contributed by atoms with Crippen LogP contribution in [0, 0.1) is 0 Å². The van der Waals surface area contributed by atoms with Crippen LogP contribution in [0.3, 0.4) is 0 Å². The van der Waals surface area contributed by atoms with E-state index in [0.717, 1.165) is 17.0 Å². The Hall–Kier alpha value is -2.15. The molecule has 0 saturated heterocycles. The summed E-state index contributed by atoms with van der Waals surface area (Å²) in [5, 5.41) is 2.79. The van der Waals surface area contributed by atoms with Crippen LogP contribution in [-0.4, -0.2) is 32.7 Å². The minimum absolute atomic E-state index is 0.0620. The van der Waals surface area contributed by atoms with Crippen LogP contribution in [-0.2, 0) is 17.8 Å². The van der Waals surface area contributed by atoms with Crippen molar-refractivity contribution in [1.82, 2.24) is 19.9 Å². The van der Waals surface area contributed by atoms with Gasteiger partial charge in [0.1, 0.15) is 0 Å². The van der Waals surface area contributed by atoms with Crippen LogP contribution in [0.5, 0.6) is 0 Å². The molecule has 0 spiro atoms. The fourth-order valence-electron chi connectivity index (χ4n) is 1.77. The van der Waals surface area contributed by atoms with Crippen LogP contribution in [0.25, 0.3) is 0 Å². The minimum atomic E-state index is -0.0905. The molecule has 2 aromatic rings. The average Bonchev–Trinajstić information content (AvgIpc) is 2.55. The summed E-state index contributed by atoms with van der Waals surface area (Å²) < 4.78 is 1.50. The quantitative estimate of drug-likeness (QED) is 0.774. The molecule has 1 N–H and O–H groups in total. The molecule has 0 bridgehead atoms. The molecule has 0 aromatic carbocycles. The molecular weight excluding hydrogens is 300 g/mol. The second-order valence-corrected chi connectivity index (χ2v) is 5.64. The second kappa shape index (κ2) is 8.33. The molecule has 22 heavy (non-hydrogen) atoms. The molecule has 1 amide bonds. The van der Waals surface area contributed by atoms with Crippen molar-refractivity contribution < 1.29 is 4.79 Å². The third-order valence-corrected chi connectivity index (χ3v) is 4.00. The van der Waals surface area contributed by atoms with E-state index in [2.05, 4.69) is 15.3 Å². The summed E-state index contributed by atoms with van der Waals surface area (Å²) in [5.74, 6) is 0.277. The van der Waals surface area contributed by atoms with E-state index < -0.39 is 0 Å². The van der Waals surface area contributed by atoms with Gasteiger partial charge in [-0.25, -0.2) is 4.98 Å². The Labute approximate surface area is 133 Å². The van der Waals surface area contributed by atoms with Gasteiger partial charge in [0.05, 0.1) is 12.1 Å². The van der Waals surface area contributed by atoms with E-state index in [0.29, 0.717) is 18.8 Å². The summed E-state index contributed by atoms with van der Waals surface area (Å²) in [5.41, 5.74) is 0.686. The Morgan fingerprint density at radius 1 is 1.36 bits per heavy atom. The smallest absolute Gasteiger partial charge is 0.253 e. The predicted molar refractivity (Wildman–Crippen MR) is 85.8 cm³/mol. The maximum atomic E-state index is 11.8. The van der Waals surface area contributed by atoms with E-state index in [1.807, 2.05) is 19.1 Å². The van der Waals surface area contributed by atoms with Gasteiger partial charge < -0.3 is 5.32 Å². The molecule has 6 nitrogen and oxygen atoms in total. The number of nitrogens with zero attached hydrogens (tertiary/aromatic N) is 3. The Bertz CT molecular complexity index is 673. The van der Waals surface area contributed by atoms with E-state index in [1.165, 1.54) is 28.7 Å². The van der Waals surface area contributed by atoms with Gasteiger partial charge in [0, 0.05) is 42.1 Å². The van der Waals surface area contributed by atoms with E-state index in [4.69, 9.17) is 0 Å². The largest absolute Gasteiger partial charge is 0.354 e. The highest BCUT2D eigenvalue weighted by Crippen LogP contribution is 2.15. The molecule has 0 aliphatic carbocycles. The number of aryl methyl sites for hydroxylation is 1. The summed E-state index contributed by atoms with van der Waals surface area (Å²) >= 11 is 1.45. The molecule has 0 unspecified atom stereocenters. The lowest BCUT2D eigenvalue weighted by Crippen LogP contribution is -2.31. The summed E-state index contributed by atoms with van der Waals surface area (Å²) in [6, 6.07) is 5.25. The highest BCUT2D eigenvalue weighted by Gasteiger charge is 2.03. The SMILES string of the molecule is CCc1cc(=O)n(CCNC(=O)CSc2ccncc2)cn1. The molecule has 7 heteroatoms. The van der Waals surface area contributed by atoms with Gasteiger partial charge in [-0.1, -0.05) is 6.92 Å². The van der Waals surface area contributed by atoms with Gasteiger partial charge in [0.15, 0.2) is 0 Å². The molecule has 0 saturated carbocycles. The molecule has 116 valence electrons. The topological polar surface area (TPSA) is 76.9 Å². The van der Waals surface area contributed by atoms with Crippen molar-refractivity contribution in [2.75, 3.05) is 12.3 Å². The van der Waals surface area contributed by atoms with Crippen molar-refractivity contribution in [3.63, 3.8) is 0 Å². The van der Waals surface area contributed by atoms with Crippen LogP contribution in [0.1, 0.15) is 12.6 Å². The van der Waals surface area contributed by atoms with Gasteiger partial charge in [-0.05, 0) is 18.6 Å². The Morgan fingerprint density at radius 3 is 2.82 bits per heavy atom.